The van der Waals surface area contributed by atoms with Gasteiger partial charge in [0.1, 0.15) is 30.4 Å². The van der Waals surface area contributed by atoms with Gasteiger partial charge in [-0.15, -0.1) is 21.5 Å². The largest absolute Gasteiger partial charge is 0.507 e. The predicted octanol–water partition coefficient (Wildman–Crippen LogP) is 6.32. The van der Waals surface area contributed by atoms with Gasteiger partial charge in [0.15, 0.2) is 11.6 Å². The molecule has 5 aromatic heterocycles. The molecule has 5 aliphatic rings. The Morgan fingerprint density at radius 3 is 2.46 bits per heavy atom. The lowest BCUT2D eigenvalue weighted by Crippen LogP contribution is -2.54. The third kappa shape index (κ3) is 11.3. The predicted molar refractivity (Wildman–Crippen MR) is 296 cm³/mol. The third-order valence-corrected chi connectivity index (χ3v) is 17.5. The molecule has 1 aliphatic carbocycles. The molecule has 7 atom stereocenters. The fourth-order valence-electron chi connectivity index (χ4n) is 12.3. The first-order valence-electron chi connectivity index (χ1n) is 27.5. The number of phenolic OH excluding ortho intramolecular Hbond substituents is 1. The van der Waals surface area contributed by atoms with Gasteiger partial charge in [0.2, 0.25) is 17.7 Å². The average Bonchev–Trinajstić information content (AvgIpc) is 4.31. The number of aromatic hydroxyl groups is 1. The first-order valence-corrected chi connectivity index (χ1v) is 28.4. The number of fused-ring (bicyclic) bond motifs is 2. The van der Waals surface area contributed by atoms with Crippen LogP contribution in [0, 0.1) is 18.8 Å². The Balaban J connectivity index is 0.610. The molecule has 2 amide bonds. The number of aliphatic hydroxyl groups excluding tert-OH is 1. The number of hydrogen-bond donors (Lipinski definition) is 4. The zero-order chi connectivity index (χ0) is 54.2. The first-order chi connectivity index (χ1) is 37.7. The van der Waals surface area contributed by atoms with Crippen molar-refractivity contribution in [2.75, 3.05) is 74.5 Å². The molecule has 4 aliphatic heterocycles. The van der Waals surface area contributed by atoms with Gasteiger partial charge in [-0.3, -0.25) is 19.5 Å². The number of carbonyl (C=O) groups is 2. The van der Waals surface area contributed by atoms with Gasteiger partial charge >= 0.3 is 0 Å². The number of hydrogen-bond acceptors (Lipinski definition) is 19. The van der Waals surface area contributed by atoms with Crippen LogP contribution in [0.3, 0.4) is 0 Å². The highest BCUT2D eigenvalue weighted by atomic mass is 32.1. The van der Waals surface area contributed by atoms with Gasteiger partial charge in [-0.05, 0) is 99.3 Å². The minimum atomic E-state index is -0.847. The number of nitrogens with two attached hydrogens (primary N) is 1. The van der Waals surface area contributed by atoms with Crippen molar-refractivity contribution in [2.24, 2.45) is 11.8 Å². The Morgan fingerprint density at radius 1 is 0.923 bits per heavy atom. The van der Waals surface area contributed by atoms with Crippen molar-refractivity contribution >= 4 is 40.3 Å². The highest BCUT2D eigenvalue weighted by Crippen LogP contribution is 2.41. The fourth-order valence-corrected chi connectivity index (χ4v) is 13.1. The number of thiazole rings is 1. The lowest BCUT2D eigenvalue weighted by atomic mass is 9.81. The number of nitrogen functional groups attached to an aromatic ring is 1. The second-order valence-electron chi connectivity index (χ2n) is 22.3. The SMILES string of the molecule is Cc1ncsc1-c1ccc([C@H](C)NC(=O)[C@@H]2C[C@@H](O)CN2C(=O)[C@@H](c2cc(OCCN3CCN(CC4CC(Oc5cc(N6C7CC[C@@H]6CN(c6cc(-c8ccccc8O)nnc6N)C7)ccn5)C4)C[C@@H]3C)no2)C(C)C)cn1. The van der Waals surface area contributed by atoms with Crippen molar-refractivity contribution in [3.63, 3.8) is 0 Å². The second-order valence-corrected chi connectivity index (χ2v) is 23.2. The summed E-state index contributed by atoms with van der Waals surface area (Å²) in [5.74, 6) is 0.924. The number of β-amino-alcohol motifs (C(OH)–C–C–N with tert-alkyl or cyclic N) is 1. The van der Waals surface area contributed by atoms with Gasteiger partial charge in [-0.1, -0.05) is 32.0 Å². The van der Waals surface area contributed by atoms with Crippen molar-refractivity contribution in [1.29, 1.82) is 0 Å². The average molecular weight is 1080 g/mol. The zero-order valence-corrected chi connectivity index (χ0v) is 45.8. The van der Waals surface area contributed by atoms with E-state index in [2.05, 4.69) is 74.3 Å². The quantitative estimate of drug-likeness (QED) is 0.0737. The lowest BCUT2D eigenvalue weighted by Gasteiger charge is -2.44. The topological polar surface area (TPSA) is 238 Å². The van der Waals surface area contributed by atoms with Crippen LogP contribution in [0.25, 0.3) is 21.8 Å². The molecule has 5 fully saturated rings. The Morgan fingerprint density at radius 2 is 1.73 bits per heavy atom. The van der Waals surface area contributed by atoms with E-state index in [1.54, 1.807) is 29.9 Å². The number of likely N-dealkylation sites (tertiary alicyclic amines) is 1. The monoisotopic (exact) mass is 1080 g/mol. The number of amides is 2. The fraction of sp³-hybridized carbons (Fsp3) is 0.509. The van der Waals surface area contributed by atoms with E-state index in [1.165, 1.54) is 16.2 Å². The number of aromatic nitrogens is 6. The van der Waals surface area contributed by atoms with Crippen LogP contribution >= 0.6 is 11.3 Å². The maximum atomic E-state index is 14.3. The Labute approximate surface area is 459 Å². The van der Waals surface area contributed by atoms with Gasteiger partial charge in [-0.2, -0.15) is 0 Å². The van der Waals surface area contributed by atoms with Gasteiger partial charge in [0.05, 0.1) is 45.3 Å². The third-order valence-electron chi connectivity index (χ3n) is 16.5. The van der Waals surface area contributed by atoms with E-state index in [-0.39, 0.29) is 48.6 Å². The smallest absolute Gasteiger partial charge is 0.254 e. The number of ether oxygens (including phenoxy) is 2. The molecule has 0 radical (unpaired) electrons. The molecule has 6 aromatic rings. The molecule has 1 aromatic carbocycles. The van der Waals surface area contributed by atoms with E-state index >= 15 is 0 Å². The summed E-state index contributed by atoms with van der Waals surface area (Å²) in [6.45, 7) is 16.6. The van der Waals surface area contributed by atoms with Crippen molar-refractivity contribution in [2.45, 2.75) is 115 Å². The lowest BCUT2D eigenvalue weighted by molar-refractivity contribution is -0.141. The van der Waals surface area contributed by atoms with E-state index in [0.29, 0.717) is 65.2 Å². The van der Waals surface area contributed by atoms with E-state index < -0.39 is 18.1 Å². The molecule has 1 unspecified atom stereocenters. The van der Waals surface area contributed by atoms with Crippen LogP contribution in [0.4, 0.5) is 17.2 Å². The summed E-state index contributed by atoms with van der Waals surface area (Å²) >= 11 is 1.53. The van der Waals surface area contributed by atoms with Gasteiger partial charge in [0, 0.05) is 113 Å². The Hall–Kier alpha value is -6.94. The molecule has 21 heteroatoms. The summed E-state index contributed by atoms with van der Waals surface area (Å²) in [7, 11) is 0. The van der Waals surface area contributed by atoms with Crippen LogP contribution in [-0.4, -0.2) is 162 Å². The number of carbonyl (C=O) groups excluding carboxylic acids is 2. The summed E-state index contributed by atoms with van der Waals surface area (Å²) in [6.07, 6.45) is 7.22. The number of phenols is 1. The van der Waals surface area contributed by atoms with E-state index in [4.69, 9.17) is 19.7 Å². The van der Waals surface area contributed by atoms with Crippen molar-refractivity contribution in [3.05, 3.63) is 95.6 Å². The normalized spacial score (nSPS) is 24.3. The molecule has 9 heterocycles. The number of nitrogens with one attached hydrogen (secondary N) is 1. The van der Waals surface area contributed by atoms with Crippen molar-refractivity contribution in [1.82, 2.24) is 50.3 Å². The molecule has 20 nitrogen and oxygen atoms in total. The summed E-state index contributed by atoms with van der Waals surface area (Å²) in [5, 5.41) is 37.0. The number of benzene rings is 1. The van der Waals surface area contributed by atoms with Crippen LogP contribution < -0.4 is 30.3 Å². The van der Waals surface area contributed by atoms with Crippen LogP contribution in [0.1, 0.15) is 88.8 Å². The number of para-hydroxylation sites is 1. The number of anilines is 3. The minimum Gasteiger partial charge on any atom is -0.507 e. The van der Waals surface area contributed by atoms with E-state index in [9.17, 15) is 19.8 Å². The molecule has 78 heavy (non-hydrogen) atoms. The van der Waals surface area contributed by atoms with E-state index in [0.717, 1.165) is 105 Å². The number of piperazine rings is 2. The molecule has 0 spiro atoms. The summed E-state index contributed by atoms with van der Waals surface area (Å²) in [6, 6.07) is 18.6. The summed E-state index contributed by atoms with van der Waals surface area (Å²) in [4.78, 5) is 53.9. The zero-order valence-electron chi connectivity index (χ0n) is 45.0. The van der Waals surface area contributed by atoms with Gasteiger partial charge in [-0.25, -0.2) is 9.97 Å². The number of aryl methyl sites for hydroxylation is 1. The standard InChI is InChI=1S/C57H71N13O7S/c1-33(2)53(57(74)69-31-42(71)23-48(69)56(73)62-35(4)38-10-13-45(60-26-38)54-36(5)61-32-78-54)50-25-52(65-77-50)75-19-18-67-17-16-66(27-34(67)3)28-37-20-43(21-37)76-51-22-39(14-15-59-51)70-40-11-12-41(70)30-68(29-40)47-24-46(63-64-55(47)58)44-8-6-7-9-49(44)72/h6-10,13-15,22,24-26,32-35,37,40-43,48,53,71-72H,11-12,16-21,23,27-31H2,1-5H3,(H2,58,64)(H,62,73)/t34-,35-,37?,40+,41?,42+,43?,48-,53+/m0/s1. The minimum absolute atomic E-state index is 0.0442. The maximum absolute atomic E-state index is 14.3. The number of nitrogens with zero attached hydrogens (tertiary/aromatic N) is 11. The van der Waals surface area contributed by atoms with Crippen LogP contribution in [0.5, 0.6) is 17.5 Å². The molecular weight excluding hydrogens is 1010 g/mol. The van der Waals surface area contributed by atoms with Gasteiger partial charge in [0.25, 0.3) is 5.88 Å². The molecule has 412 valence electrons. The molecule has 1 saturated carbocycles. The Bertz CT molecular complexity index is 3050. The Kier molecular flexibility index (Phi) is 15.5. The summed E-state index contributed by atoms with van der Waals surface area (Å²) < 4.78 is 18.4. The van der Waals surface area contributed by atoms with Crippen LogP contribution in [0.2, 0.25) is 0 Å². The first kappa shape index (κ1) is 53.1. The summed E-state index contributed by atoms with van der Waals surface area (Å²) in [5.41, 5.74) is 14.0. The number of aliphatic hydroxyl groups is 1. The molecular formula is C57H71N13O7S. The van der Waals surface area contributed by atoms with Crippen LogP contribution in [-0.2, 0) is 9.59 Å². The highest BCUT2D eigenvalue weighted by molar-refractivity contribution is 7.13. The molecule has 2 bridgehead atoms. The molecule has 5 N–H and O–H groups in total. The van der Waals surface area contributed by atoms with Crippen molar-refractivity contribution < 1.29 is 33.8 Å². The van der Waals surface area contributed by atoms with Crippen LogP contribution in [0.15, 0.2) is 83.1 Å². The van der Waals surface area contributed by atoms with Gasteiger partial charge < -0.3 is 54.9 Å². The number of pyridine rings is 2. The van der Waals surface area contributed by atoms with E-state index in [1.807, 2.05) is 64.2 Å². The molecule has 11 rings (SSSR count). The van der Waals surface area contributed by atoms with Crippen molar-refractivity contribution in [3.8, 4) is 39.3 Å². The maximum Gasteiger partial charge on any atom is 0.254 e. The number of rotatable bonds is 18. The highest BCUT2D eigenvalue weighted by Gasteiger charge is 2.45. The molecule has 4 saturated heterocycles. The second kappa shape index (κ2) is 22.8.